The van der Waals surface area contributed by atoms with E-state index in [1.165, 1.54) is 0 Å². The molecule has 1 aliphatic rings. The summed E-state index contributed by atoms with van der Waals surface area (Å²) in [5, 5.41) is 13.9. The zero-order chi connectivity index (χ0) is 12.5. The first-order valence-corrected chi connectivity index (χ1v) is 6.20. The lowest BCUT2D eigenvalue weighted by Crippen LogP contribution is -2.25. The maximum absolute atomic E-state index is 9.43. The third-order valence-corrected chi connectivity index (χ3v) is 3.23. The molecule has 0 amide bonds. The molecule has 1 aliphatic heterocycles. The molecule has 0 saturated heterocycles. The van der Waals surface area contributed by atoms with Crippen LogP contribution in [0.15, 0.2) is 24.3 Å². The van der Waals surface area contributed by atoms with Crippen molar-refractivity contribution in [2.75, 3.05) is 0 Å². The van der Waals surface area contributed by atoms with Gasteiger partial charge in [0.1, 0.15) is 17.7 Å². The highest BCUT2D eigenvalue weighted by atomic mass is 16.3. The van der Waals surface area contributed by atoms with Crippen molar-refractivity contribution < 1.29 is 5.11 Å². The quantitative estimate of drug-likeness (QED) is 0.836. The van der Waals surface area contributed by atoms with Gasteiger partial charge in [-0.1, -0.05) is 12.1 Å². The lowest BCUT2D eigenvalue weighted by molar-refractivity contribution is 0.371. The van der Waals surface area contributed by atoms with Crippen LogP contribution in [0.25, 0.3) is 0 Å². The van der Waals surface area contributed by atoms with E-state index in [2.05, 4.69) is 10.1 Å². The largest absolute Gasteiger partial charge is 0.508 e. The summed E-state index contributed by atoms with van der Waals surface area (Å²) in [6.45, 7) is 0. The van der Waals surface area contributed by atoms with Crippen LogP contribution in [0.5, 0.6) is 5.75 Å². The molecular weight excluding hydrogens is 228 g/mol. The standard InChI is InChI=1S/C13H16N4O/c14-11-5-2-6-13-15-12(16-17(11)13)8-9-3-1-4-10(18)7-9/h1,3-4,7,11,18H,2,5-6,8,14H2. The first-order chi connectivity index (χ1) is 8.72. The Hall–Kier alpha value is -1.88. The molecule has 0 fully saturated rings. The van der Waals surface area contributed by atoms with Gasteiger partial charge in [0.05, 0.1) is 0 Å². The molecule has 1 unspecified atom stereocenters. The summed E-state index contributed by atoms with van der Waals surface area (Å²) in [7, 11) is 0. The number of hydrogen-bond donors (Lipinski definition) is 2. The molecule has 1 aromatic heterocycles. The van der Waals surface area contributed by atoms with Crippen LogP contribution in [-0.4, -0.2) is 19.9 Å². The van der Waals surface area contributed by atoms with Crippen molar-refractivity contribution in [3.05, 3.63) is 41.5 Å². The molecule has 0 bridgehead atoms. The third kappa shape index (κ3) is 2.09. The second-order valence-corrected chi connectivity index (χ2v) is 4.70. The lowest BCUT2D eigenvalue weighted by atomic mass is 10.1. The van der Waals surface area contributed by atoms with Crippen molar-refractivity contribution in [2.24, 2.45) is 5.73 Å². The monoisotopic (exact) mass is 244 g/mol. The van der Waals surface area contributed by atoms with Crippen molar-refractivity contribution in [3.8, 4) is 5.75 Å². The Labute approximate surface area is 105 Å². The number of benzene rings is 1. The summed E-state index contributed by atoms with van der Waals surface area (Å²) >= 11 is 0. The number of aryl methyl sites for hydroxylation is 1. The fourth-order valence-electron chi connectivity index (χ4n) is 2.36. The zero-order valence-electron chi connectivity index (χ0n) is 10.1. The molecule has 1 aromatic carbocycles. The van der Waals surface area contributed by atoms with Crippen molar-refractivity contribution in [2.45, 2.75) is 31.8 Å². The van der Waals surface area contributed by atoms with Gasteiger partial charge in [-0.05, 0) is 30.5 Å². The molecule has 1 atom stereocenters. The average Bonchev–Trinajstić information content (AvgIpc) is 2.73. The van der Waals surface area contributed by atoms with E-state index in [-0.39, 0.29) is 11.9 Å². The first kappa shape index (κ1) is 11.2. The van der Waals surface area contributed by atoms with Crippen LogP contribution < -0.4 is 5.73 Å². The minimum absolute atomic E-state index is 0.0424. The minimum Gasteiger partial charge on any atom is -0.508 e. The van der Waals surface area contributed by atoms with Gasteiger partial charge in [-0.15, -0.1) is 0 Å². The van der Waals surface area contributed by atoms with Crippen molar-refractivity contribution in [3.63, 3.8) is 0 Å². The van der Waals surface area contributed by atoms with Crippen LogP contribution in [0.2, 0.25) is 0 Å². The van der Waals surface area contributed by atoms with Gasteiger partial charge in [0.25, 0.3) is 0 Å². The van der Waals surface area contributed by atoms with Crippen LogP contribution in [0, 0.1) is 0 Å². The van der Waals surface area contributed by atoms with E-state index < -0.39 is 0 Å². The second kappa shape index (κ2) is 4.42. The number of aromatic nitrogens is 3. The second-order valence-electron chi connectivity index (χ2n) is 4.70. The molecule has 18 heavy (non-hydrogen) atoms. The minimum atomic E-state index is -0.0424. The maximum atomic E-state index is 9.43. The summed E-state index contributed by atoms with van der Waals surface area (Å²) in [5.74, 6) is 2.02. The number of fused-ring (bicyclic) bond motifs is 1. The van der Waals surface area contributed by atoms with Gasteiger partial charge < -0.3 is 10.8 Å². The Kier molecular flexibility index (Phi) is 2.76. The van der Waals surface area contributed by atoms with Crippen LogP contribution in [0.1, 0.15) is 36.2 Å². The molecule has 0 radical (unpaired) electrons. The predicted octanol–water partition coefficient (Wildman–Crippen LogP) is 1.37. The van der Waals surface area contributed by atoms with E-state index in [0.717, 1.165) is 36.5 Å². The fourth-order valence-corrected chi connectivity index (χ4v) is 2.36. The predicted molar refractivity (Wildman–Crippen MR) is 67.1 cm³/mol. The average molecular weight is 244 g/mol. The van der Waals surface area contributed by atoms with Crippen LogP contribution >= 0.6 is 0 Å². The molecule has 2 heterocycles. The van der Waals surface area contributed by atoms with E-state index in [1.54, 1.807) is 12.1 Å². The summed E-state index contributed by atoms with van der Waals surface area (Å²) in [6.07, 6.45) is 3.56. The van der Waals surface area contributed by atoms with Crippen molar-refractivity contribution in [1.29, 1.82) is 0 Å². The number of phenols is 1. The molecule has 0 saturated carbocycles. The van der Waals surface area contributed by atoms with Crippen LogP contribution in [0.3, 0.4) is 0 Å². The van der Waals surface area contributed by atoms with Gasteiger partial charge in [0.15, 0.2) is 5.82 Å². The Morgan fingerprint density at radius 2 is 2.33 bits per heavy atom. The molecule has 0 aliphatic carbocycles. The third-order valence-electron chi connectivity index (χ3n) is 3.23. The molecule has 94 valence electrons. The highest BCUT2D eigenvalue weighted by Crippen LogP contribution is 2.20. The first-order valence-electron chi connectivity index (χ1n) is 6.20. The molecule has 3 rings (SSSR count). The topological polar surface area (TPSA) is 77.0 Å². The normalized spacial score (nSPS) is 18.6. The van der Waals surface area contributed by atoms with E-state index in [0.29, 0.717) is 6.42 Å². The van der Waals surface area contributed by atoms with E-state index >= 15 is 0 Å². The molecule has 3 N–H and O–H groups in total. The Bertz CT molecular complexity index is 564. The Morgan fingerprint density at radius 3 is 3.11 bits per heavy atom. The highest BCUT2D eigenvalue weighted by Gasteiger charge is 2.19. The van der Waals surface area contributed by atoms with Gasteiger partial charge in [-0.2, -0.15) is 5.10 Å². The van der Waals surface area contributed by atoms with Crippen LogP contribution in [0.4, 0.5) is 0 Å². The number of phenolic OH excluding ortho intramolecular Hbond substituents is 1. The molecule has 5 heteroatoms. The van der Waals surface area contributed by atoms with Gasteiger partial charge in [-0.3, -0.25) is 0 Å². The SMILES string of the molecule is NC1CCCc2nc(Cc3cccc(O)c3)nn21. The van der Waals surface area contributed by atoms with Gasteiger partial charge in [0.2, 0.25) is 0 Å². The Morgan fingerprint density at radius 1 is 1.44 bits per heavy atom. The number of nitrogens with zero attached hydrogens (tertiary/aromatic N) is 3. The number of hydrogen-bond acceptors (Lipinski definition) is 4. The van der Waals surface area contributed by atoms with Gasteiger partial charge >= 0.3 is 0 Å². The molecule has 2 aromatic rings. The summed E-state index contributed by atoms with van der Waals surface area (Å²) < 4.78 is 1.83. The fraction of sp³-hybridized carbons (Fsp3) is 0.385. The molecule has 5 nitrogen and oxygen atoms in total. The maximum Gasteiger partial charge on any atom is 0.155 e. The van der Waals surface area contributed by atoms with E-state index in [4.69, 9.17) is 5.73 Å². The number of nitrogens with two attached hydrogens (primary N) is 1. The molecule has 0 spiro atoms. The molecular formula is C13H16N4O. The van der Waals surface area contributed by atoms with E-state index in [9.17, 15) is 5.11 Å². The number of aromatic hydroxyl groups is 1. The smallest absolute Gasteiger partial charge is 0.155 e. The number of rotatable bonds is 2. The summed E-state index contributed by atoms with van der Waals surface area (Å²) in [5.41, 5.74) is 7.00. The summed E-state index contributed by atoms with van der Waals surface area (Å²) in [4.78, 5) is 4.52. The zero-order valence-corrected chi connectivity index (χ0v) is 10.1. The van der Waals surface area contributed by atoms with Gasteiger partial charge in [0, 0.05) is 12.8 Å². The van der Waals surface area contributed by atoms with E-state index in [1.807, 2.05) is 16.8 Å². The van der Waals surface area contributed by atoms with Crippen LogP contribution in [-0.2, 0) is 12.8 Å². The highest BCUT2D eigenvalue weighted by molar-refractivity contribution is 5.29. The van der Waals surface area contributed by atoms with Crippen molar-refractivity contribution in [1.82, 2.24) is 14.8 Å². The van der Waals surface area contributed by atoms with Gasteiger partial charge in [-0.25, -0.2) is 9.67 Å². The van der Waals surface area contributed by atoms with Crippen molar-refractivity contribution >= 4 is 0 Å². The Balaban J connectivity index is 1.85. The summed E-state index contributed by atoms with van der Waals surface area (Å²) in [6, 6.07) is 7.18. The lowest BCUT2D eigenvalue weighted by Gasteiger charge is -2.18.